The van der Waals surface area contributed by atoms with Crippen LogP contribution in [-0.2, 0) is 4.74 Å². The van der Waals surface area contributed by atoms with E-state index in [-0.39, 0.29) is 6.01 Å². The summed E-state index contributed by atoms with van der Waals surface area (Å²) in [5, 5.41) is 0.613. The minimum atomic E-state index is 0.134. The van der Waals surface area contributed by atoms with Gasteiger partial charge in [0.2, 0.25) is 0 Å². The molecule has 0 bridgehead atoms. The van der Waals surface area contributed by atoms with Crippen molar-refractivity contribution in [3.05, 3.63) is 35.0 Å². The lowest BCUT2D eigenvalue weighted by atomic mass is 10.0. The maximum atomic E-state index is 6.14. The van der Waals surface area contributed by atoms with E-state index in [0.717, 1.165) is 16.8 Å². The fourth-order valence-corrected chi connectivity index (χ4v) is 2.19. The van der Waals surface area contributed by atoms with E-state index in [4.69, 9.17) is 26.5 Å². The average molecular weight is 278 g/mol. The minimum Gasteiger partial charge on any atom is -0.432 e. The molecular formula is C13H12ClN3O2. The van der Waals surface area contributed by atoms with Crippen LogP contribution in [0.4, 0.5) is 6.01 Å². The van der Waals surface area contributed by atoms with Gasteiger partial charge in [0.05, 0.1) is 25.5 Å². The van der Waals surface area contributed by atoms with Crippen LogP contribution in [0.5, 0.6) is 0 Å². The third-order valence-corrected chi connectivity index (χ3v) is 3.04. The Morgan fingerprint density at radius 1 is 1.21 bits per heavy atom. The summed E-state index contributed by atoms with van der Waals surface area (Å²) in [5.41, 5.74) is 8.80. The molecule has 1 aliphatic rings. The number of nitrogens with zero attached hydrogens (tertiary/aromatic N) is 2. The second-order valence-corrected chi connectivity index (χ2v) is 4.62. The molecular weight excluding hydrogens is 266 g/mol. The number of aromatic nitrogens is 1. The summed E-state index contributed by atoms with van der Waals surface area (Å²) in [4.78, 5) is 8.53. The summed E-state index contributed by atoms with van der Waals surface area (Å²) >= 11 is 6.14. The number of hydrogen-bond acceptors (Lipinski definition) is 5. The van der Waals surface area contributed by atoms with Gasteiger partial charge in [-0.15, -0.1) is 0 Å². The highest BCUT2D eigenvalue weighted by Crippen LogP contribution is 2.25. The Hall–Kier alpha value is -1.85. The van der Waals surface area contributed by atoms with Crippen LogP contribution in [0.25, 0.3) is 11.3 Å². The SMILES string of the molecule is Nc1nc(-c2cc(Cl)cc(C3=NCCOC3)c2)co1. The first-order valence-corrected chi connectivity index (χ1v) is 6.23. The number of rotatable bonds is 2. The second kappa shape index (κ2) is 5.03. The van der Waals surface area contributed by atoms with Crippen LogP contribution in [0, 0.1) is 0 Å². The fourth-order valence-electron chi connectivity index (χ4n) is 1.96. The van der Waals surface area contributed by atoms with Crippen molar-refractivity contribution < 1.29 is 9.15 Å². The van der Waals surface area contributed by atoms with Crippen LogP contribution in [0.3, 0.4) is 0 Å². The van der Waals surface area contributed by atoms with Crippen LogP contribution < -0.4 is 5.73 Å². The molecule has 98 valence electrons. The van der Waals surface area contributed by atoms with Gasteiger partial charge in [-0.1, -0.05) is 11.6 Å². The van der Waals surface area contributed by atoms with Gasteiger partial charge in [-0.05, 0) is 18.2 Å². The predicted molar refractivity (Wildman–Crippen MR) is 73.6 cm³/mol. The first kappa shape index (κ1) is 12.2. The molecule has 0 radical (unpaired) electrons. The van der Waals surface area contributed by atoms with Gasteiger partial charge in [-0.3, -0.25) is 4.99 Å². The molecule has 1 aromatic heterocycles. The van der Waals surface area contributed by atoms with Crippen molar-refractivity contribution in [2.45, 2.75) is 0 Å². The maximum absolute atomic E-state index is 6.14. The van der Waals surface area contributed by atoms with Crippen molar-refractivity contribution in [3.63, 3.8) is 0 Å². The van der Waals surface area contributed by atoms with Crippen LogP contribution >= 0.6 is 11.6 Å². The maximum Gasteiger partial charge on any atom is 0.292 e. The molecule has 2 aromatic rings. The Kier molecular flexibility index (Phi) is 3.23. The summed E-state index contributed by atoms with van der Waals surface area (Å²) in [5.74, 6) is 0. The Balaban J connectivity index is 2.03. The van der Waals surface area contributed by atoms with E-state index in [1.165, 1.54) is 6.26 Å². The van der Waals surface area contributed by atoms with Crippen LogP contribution in [-0.4, -0.2) is 30.5 Å². The predicted octanol–water partition coefficient (Wildman–Crippen LogP) is 2.40. The standard InChI is InChI=1S/C13H12ClN3O2/c14-10-4-8(11-6-18-2-1-16-11)3-9(5-10)12-7-19-13(15)17-12/h3-5,7H,1-2,6H2,(H2,15,17). The number of anilines is 1. The van der Waals surface area contributed by atoms with Gasteiger partial charge in [0.25, 0.3) is 6.01 Å². The number of aliphatic imine (C=N–C) groups is 1. The summed E-state index contributed by atoms with van der Waals surface area (Å²) in [7, 11) is 0. The molecule has 0 fully saturated rings. The van der Waals surface area contributed by atoms with Crippen molar-refractivity contribution >= 4 is 23.3 Å². The van der Waals surface area contributed by atoms with Crippen molar-refractivity contribution in [2.75, 3.05) is 25.5 Å². The first-order chi connectivity index (χ1) is 9.22. The number of hydrogen-bond donors (Lipinski definition) is 1. The van der Waals surface area contributed by atoms with Crippen LogP contribution in [0.2, 0.25) is 5.02 Å². The molecule has 5 nitrogen and oxygen atoms in total. The molecule has 2 heterocycles. The Morgan fingerprint density at radius 3 is 2.74 bits per heavy atom. The summed E-state index contributed by atoms with van der Waals surface area (Å²) in [6, 6.07) is 5.76. The lowest BCUT2D eigenvalue weighted by Crippen LogP contribution is -2.18. The van der Waals surface area contributed by atoms with E-state index in [9.17, 15) is 0 Å². The van der Waals surface area contributed by atoms with E-state index in [1.54, 1.807) is 0 Å². The average Bonchev–Trinajstić information content (AvgIpc) is 2.86. The van der Waals surface area contributed by atoms with E-state index < -0.39 is 0 Å². The molecule has 3 rings (SSSR count). The number of nitrogens with two attached hydrogens (primary N) is 1. The van der Waals surface area contributed by atoms with E-state index in [2.05, 4.69) is 9.98 Å². The molecule has 0 atom stereocenters. The van der Waals surface area contributed by atoms with E-state index in [0.29, 0.717) is 30.5 Å². The third-order valence-electron chi connectivity index (χ3n) is 2.83. The highest BCUT2D eigenvalue weighted by atomic mass is 35.5. The van der Waals surface area contributed by atoms with Crippen LogP contribution in [0.1, 0.15) is 5.56 Å². The molecule has 0 unspecified atom stereocenters. The summed E-state index contributed by atoms with van der Waals surface area (Å²) in [6.07, 6.45) is 1.50. The molecule has 0 spiro atoms. The third kappa shape index (κ3) is 2.62. The molecule has 1 aliphatic heterocycles. The topological polar surface area (TPSA) is 73.6 Å². The molecule has 0 saturated carbocycles. The van der Waals surface area contributed by atoms with Crippen molar-refractivity contribution in [1.29, 1.82) is 0 Å². The van der Waals surface area contributed by atoms with Gasteiger partial charge in [0.1, 0.15) is 12.0 Å². The zero-order valence-electron chi connectivity index (χ0n) is 10.1. The van der Waals surface area contributed by atoms with Gasteiger partial charge < -0.3 is 14.9 Å². The Labute approximate surface area is 115 Å². The lowest BCUT2D eigenvalue weighted by Gasteiger charge is -2.13. The number of halogens is 1. The minimum absolute atomic E-state index is 0.134. The zero-order valence-corrected chi connectivity index (χ0v) is 10.9. The molecule has 0 saturated heterocycles. The Bertz CT molecular complexity index is 637. The molecule has 0 aliphatic carbocycles. The van der Waals surface area contributed by atoms with E-state index in [1.807, 2.05) is 18.2 Å². The quantitative estimate of drug-likeness (QED) is 0.915. The normalized spacial score (nSPS) is 15.3. The van der Waals surface area contributed by atoms with Crippen molar-refractivity contribution in [1.82, 2.24) is 4.98 Å². The first-order valence-electron chi connectivity index (χ1n) is 5.86. The van der Waals surface area contributed by atoms with Gasteiger partial charge in [0, 0.05) is 16.1 Å². The van der Waals surface area contributed by atoms with Crippen LogP contribution in [0.15, 0.2) is 33.9 Å². The highest BCUT2D eigenvalue weighted by molar-refractivity contribution is 6.31. The molecule has 2 N–H and O–H groups in total. The second-order valence-electron chi connectivity index (χ2n) is 4.18. The summed E-state index contributed by atoms with van der Waals surface area (Å²) in [6.45, 7) is 1.84. The molecule has 1 aromatic carbocycles. The number of oxazole rings is 1. The van der Waals surface area contributed by atoms with Gasteiger partial charge in [0.15, 0.2) is 0 Å². The Morgan fingerprint density at radius 2 is 2.05 bits per heavy atom. The lowest BCUT2D eigenvalue weighted by molar-refractivity contribution is 0.171. The largest absolute Gasteiger partial charge is 0.432 e. The monoisotopic (exact) mass is 277 g/mol. The number of benzene rings is 1. The summed E-state index contributed by atoms with van der Waals surface area (Å²) < 4.78 is 10.4. The number of nitrogen functional groups attached to an aromatic ring is 1. The molecule has 19 heavy (non-hydrogen) atoms. The van der Waals surface area contributed by atoms with Crippen molar-refractivity contribution in [2.24, 2.45) is 4.99 Å². The fraction of sp³-hybridized carbons (Fsp3) is 0.231. The van der Waals surface area contributed by atoms with Gasteiger partial charge in [-0.25, -0.2) is 0 Å². The van der Waals surface area contributed by atoms with Gasteiger partial charge >= 0.3 is 0 Å². The van der Waals surface area contributed by atoms with Crippen molar-refractivity contribution in [3.8, 4) is 11.3 Å². The molecule has 0 amide bonds. The zero-order chi connectivity index (χ0) is 13.2. The van der Waals surface area contributed by atoms with Gasteiger partial charge in [-0.2, -0.15) is 4.98 Å². The van der Waals surface area contributed by atoms with E-state index >= 15 is 0 Å². The smallest absolute Gasteiger partial charge is 0.292 e. The number of ether oxygens (including phenoxy) is 1. The highest BCUT2D eigenvalue weighted by Gasteiger charge is 2.12. The molecule has 6 heteroatoms.